The molecule has 0 aliphatic heterocycles. The van der Waals surface area contributed by atoms with E-state index in [0.29, 0.717) is 21.8 Å². The van der Waals surface area contributed by atoms with Crippen molar-refractivity contribution in [1.29, 1.82) is 0 Å². The predicted molar refractivity (Wildman–Crippen MR) is 77.0 cm³/mol. The first-order chi connectivity index (χ1) is 10.6. The van der Waals surface area contributed by atoms with Gasteiger partial charge in [-0.25, -0.2) is 19.0 Å². The summed E-state index contributed by atoms with van der Waals surface area (Å²) in [4.78, 5) is 18.8. The van der Waals surface area contributed by atoms with E-state index in [4.69, 9.17) is 5.11 Å². The summed E-state index contributed by atoms with van der Waals surface area (Å²) in [7, 11) is 0. The molecule has 9 heteroatoms. The predicted octanol–water partition coefficient (Wildman–Crippen LogP) is 1.59. The van der Waals surface area contributed by atoms with Crippen LogP contribution in [0.2, 0.25) is 0 Å². The van der Waals surface area contributed by atoms with Gasteiger partial charge in [0.25, 0.3) is 0 Å². The van der Waals surface area contributed by atoms with E-state index in [0.717, 1.165) is 11.8 Å². The van der Waals surface area contributed by atoms with Crippen LogP contribution in [0.3, 0.4) is 0 Å². The Morgan fingerprint density at radius 3 is 2.91 bits per heavy atom. The Kier molecular flexibility index (Phi) is 3.96. The average molecular weight is 319 g/mol. The van der Waals surface area contributed by atoms with Gasteiger partial charge < -0.3 is 5.11 Å². The third-order valence-electron chi connectivity index (χ3n) is 2.88. The van der Waals surface area contributed by atoms with Crippen LogP contribution in [0.4, 0.5) is 4.39 Å². The Balaban J connectivity index is 1.94. The smallest absolute Gasteiger partial charge is 0.313 e. The van der Waals surface area contributed by atoms with Crippen LogP contribution in [0, 0.1) is 5.82 Å². The van der Waals surface area contributed by atoms with Crippen LogP contribution in [-0.4, -0.2) is 41.8 Å². The lowest BCUT2D eigenvalue weighted by atomic mass is 10.2. The molecule has 0 aliphatic rings. The molecule has 1 aromatic carbocycles. The number of halogens is 1. The van der Waals surface area contributed by atoms with Crippen molar-refractivity contribution in [2.75, 3.05) is 5.75 Å². The zero-order valence-electron chi connectivity index (χ0n) is 11.2. The molecule has 0 aliphatic carbocycles. The summed E-state index contributed by atoms with van der Waals surface area (Å²) in [6.07, 6.45) is 1.31. The monoisotopic (exact) mass is 319 g/mol. The highest BCUT2D eigenvalue weighted by Crippen LogP contribution is 2.22. The second-order valence-electron chi connectivity index (χ2n) is 4.37. The molecule has 2 aromatic heterocycles. The minimum absolute atomic E-state index is 0.133. The van der Waals surface area contributed by atoms with E-state index in [9.17, 15) is 9.18 Å². The molecule has 0 saturated carbocycles. The van der Waals surface area contributed by atoms with E-state index < -0.39 is 5.97 Å². The van der Waals surface area contributed by atoms with Crippen LogP contribution in [0.25, 0.3) is 11.2 Å². The van der Waals surface area contributed by atoms with Crippen LogP contribution in [0.15, 0.2) is 35.6 Å². The molecule has 0 atom stereocenters. The standard InChI is InChI=1S/C13H10FN5O2S/c14-9-4-2-1-3-8(9)5-19-12-11(17-18-19)13(16-7-15-12)22-6-10(20)21/h1-4,7H,5-6H2,(H,20,21). The first-order valence-electron chi connectivity index (χ1n) is 6.27. The van der Waals surface area contributed by atoms with Gasteiger partial charge in [-0.15, -0.1) is 5.10 Å². The van der Waals surface area contributed by atoms with Crippen molar-refractivity contribution in [3.05, 3.63) is 42.0 Å². The van der Waals surface area contributed by atoms with Crippen LogP contribution >= 0.6 is 11.8 Å². The molecule has 0 fully saturated rings. The number of rotatable bonds is 5. The van der Waals surface area contributed by atoms with Gasteiger partial charge in [0.2, 0.25) is 0 Å². The summed E-state index contributed by atoms with van der Waals surface area (Å²) in [5.74, 6) is -1.41. The molecule has 7 nitrogen and oxygen atoms in total. The highest BCUT2D eigenvalue weighted by atomic mass is 32.2. The van der Waals surface area contributed by atoms with Crippen molar-refractivity contribution >= 4 is 28.9 Å². The molecule has 3 aromatic rings. The molecule has 0 bridgehead atoms. The lowest BCUT2D eigenvalue weighted by molar-refractivity contribution is -0.133. The molecule has 1 N–H and O–H groups in total. The largest absolute Gasteiger partial charge is 0.481 e. The summed E-state index contributed by atoms with van der Waals surface area (Å²) >= 11 is 1.04. The fraction of sp³-hybridized carbons (Fsp3) is 0.154. The van der Waals surface area contributed by atoms with E-state index in [2.05, 4.69) is 20.3 Å². The number of benzene rings is 1. The lowest BCUT2D eigenvalue weighted by Gasteiger charge is -2.03. The van der Waals surface area contributed by atoms with Gasteiger partial charge in [-0.3, -0.25) is 4.79 Å². The number of carboxylic acid groups (broad SMARTS) is 1. The molecule has 0 radical (unpaired) electrons. The molecule has 112 valence electrons. The number of thioether (sulfide) groups is 1. The van der Waals surface area contributed by atoms with Gasteiger partial charge >= 0.3 is 5.97 Å². The fourth-order valence-corrected chi connectivity index (χ4v) is 2.55. The van der Waals surface area contributed by atoms with Crippen molar-refractivity contribution in [2.24, 2.45) is 0 Å². The maximum Gasteiger partial charge on any atom is 0.313 e. The van der Waals surface area contributed by atoms with Gasteiger partial charge in [0, 0.05) is 5.56 Å². The molecule has 0 spiro atoms. The van der Waals surface area contributed by atoms with Crippen molar-refractivity contribution in [3.8, 4) is 0 Å². The van der Waals surface area contributed by atoms with E-state index in [1.807, 2.05) is 0 Å². The third kappa shape index (κ3) is 2.89. The Morgan fingerprint density at radius 2 is 2.14 bits per heavy atom. The van der Waals surface area contributed by atoms with Gasteiger partial charge in [0.05, 0.1) is 12.3 Å². The van der Waals surface area contributed by atoms with Crippen molar-refractivity contribution in [3.63, 3.8) is 0 Å². The molecule has 0 amide bonds. The van der Waals surface area contributed by atoms with Gasteiger partial charge in [0.15, 0.2) is 11.2 Å². The zero-order valence-corrected chi connectivity index (χ0v) is 12.0. The number of carbonyl (C=O) groups is 1. The average Bonchev–Trinajstić information content (AvgIpc) is 2.91. The summed E-state index contributed by atoms with van der Waals surface area (Å²) in [5.41, 5.74) is 1.31. The lowest BCUT2D eigenvalue weighted by Crippen LogP contribution is -2.05. The van der Waals surface area contributed by atoms with E-state index in [1.165, 1.54) is 17.1 Å². The summed E-state index contributed by atoms with van der Waals surface area (Å²) in [6, 6.07) is 6.38. The SMILES string of the molecule is O=C(O)CSc1ncnc2c1nnn2Cc1ccccc1F. The second kappa shape index (κ2) is 6.06. The van der Waals surface area contributed by atoms with Gasteiger partial charge in [-0.1, -0.05) is 35.2 Å². The minimum atomic E-state index is -0.949. The first-order valence-corrected chi connectivity index (χ1v) is 7.26. The molecule has 0 saturated heterocycles. The molecular formula is C13H10FN5O2S. The van der Waals surface area contributed by atoms with Gasteiger partial charge in [0.1, 0.15) is 17.2 Å². The van der Waals surface area contributed by atoms with Crippen molar-refractivity contribution < 1.29 is 14.3 Å². The van der Waals surface area contributed by atoms with Gasteiger partial charge in [-0.05, 0) is 6.07 Å². The Bertz CT molecular complexity index is 838. The number of aromatic nitrogens is 5. The Morgan fingerprint density at radius 1 is 1.32 bits per heavy atom. The van der Waals surface area contributed by atoms with Crippen LogP contribution in [-0.2, 0) is 11.3 Å². The van der Waals surface area contributed by atoms with E-state index in [-0.39, 0.29) is 18.1 Å². The van der Waals surface area contributed by atoms with Crippen molar-refractivity contribution in [2.45, 2.75) is 11.6 Å². The summed E-state index contributed by atoms with van der Waals surface area (Å²) < 4.78 is 15.2. The third-order valence-corrected chi connectivity index (χ3v) is 3.84. The number of aliphatic carboxylic acids is 1. The number of nitrogens with zero attached hydrogens (tertiary/aromatic N) is 5. The van der Waals surface area contributed by atoms with Crippen LogP contribution in [0.5, 0.6) is 0 Å². The molecule has 3 rings (SSSR count). The number of carboxylic acids is 1. The molecule has 2 heterocycles. The summed E-state index contributed by atoms with van der Waals surface area (Å²) in [6.45, 7) is 0.184. The van der Waals surface area contributed by atoms with Crippen LogP contribution in [0.1, 0.15) is 5.56 Å². The minimum Gasteiger partial charge on any atom is -0.481 e. The molecular weight excluding hydrogens is 309 g/mol. The van der Waals surface area contributed by atoms with Gasteiger partial charge in [-0.2, -0.15) is 0 Å². The maximum absolute atomic E-state index is 13.7. The van der Waals surface area contributed by atoms with Crippen molar-refractivity contribution in [1.82, 2.24) is 25.0 Å². The number of hydrogen-bond donors (Lipinski definition) is 1. The van der Waals surface area contributed by atoms with Crippen LogP contribution < -0.4 is 0 Å². The normalized spacial score (nSPS) is 11.0. The highest BCUT2D eigenvalue weighted by Gasteiger charge is 2.14. The first kappa shape index (κ1) is 14.4. The van der Waals surface area contributed by atoms with E-state index >= 15 is 0 Å². The quantitative estimate of drug-likeness (QED) is 0.563. The number of fused-ring (bicyclic) bond motifs is 1. The highest BCUT2D eigenvalue weighted by molar-refractivity contribution is 8.00. The fourth-order valence-electron chi connectivity index (χ4n) is 1.90. The number of hydrogen-bond acceptors (Lipinski definition) is 6. The van der Waals surface area contributed by atoms with E-state index in [1.54, 1.807) is 18.2 Å². The second-order valence-corrected chi connectivity index (χ2v) is 5.34. The Labute approximate surface area is 128 Å². The topological polar surface area (TPSA) is 93.8 Å². The maximum atomic E-state index is 13.7. The molecule has 22 heavy (non-hydrogen) atoms. The summed E-state index contributed by atoms with van der Waals surface area (Å²) in [5, 5.41) is 17.1. The zero-order chi connectivity index (χ0) is 15.5. The Hall–Kier alpha value is -2.55. The molecule has 0 unspecified atom stereocenters.